The summed E-state index contributed by atoms with van der Waals surface area (Å²) in [5.41, 5.74) is 3.65. The maximum Gasteiger partial charge on any atom is 0.124 e. The predicted octanol–water partition coefficient (Wildman–Crippen LogP) is 4.22. The Hall–Kier alpha value is -0.940. The van der Waals surface area contributed by atoms with Gasteiger partial charge < -0.3 is 5.32 Å². The van der Waals surface area contributed by atoms with E-state index in [1.807, 2.05) is 12.3 Å². The van der Waals surface area contributed by atoms with Crippen LogP contribution in [0, 0.1) is 5.82 Å². The largest absolute Gasteiger partial charge is 0.376 e. The zero-order valence-corrected chi connectivity index (χ0v) is 11.0. The first-order valence-corrected chi connectivity index (χ1v) is 6.50. The van der Waals surface area contributed by atoms with Crippen LogP contribution in [0.4, 0.5) is 10.1 Å². The van der Waals surface area contributed by atoms with Gasteiger partial charge in [-0.2, -0.15) is 0 Å². The van der Waals surface area contributed by atoms with Gasteiger partial charge in [-0.25, -0.2) is 9.37 Å². The van der Waals surface area contributed by atoms with Gasteiger partial charge in [0, 0.05) is 15.5 Å². The Kier molecular flexibility index (Phi) is 3.56. The maximum atomic E-state index is 12.9. The topological polar surface area (TPSA) is 24.9 Å². The molecule has 2 nitrogen and oxygen atoms in total. The fourth-order valence-electron chi connectivity index (χ4n) is 1.35. The maximum absolute atomic E-state index is 12.9. The van der Waals surface area contributed by atoms with E-state index in [1.165, 1.54) is 12.1 Å². The van der Waals surface area contributed by atoms with Crippen LogP contribution in [-0.4, -0.2) is 4.98 Å². The number of thiazole rings is 1. The van der Waals surface area contributed by atoms with Crippen LogP contribution >= 0.6 is 27.3 Å². The average Bonchev–Trinajstić information content (AvgIpc) is 2.75. The molecule has 1 aromatic heterocycles. The van der Waals surface area contributed by atoms with E-state index >= 15 is 0 Å². The summed E-state index contributed by atoms with van der Waals surface area (Å²) >= 11 is 4.88. The Labute approximate surface area is 106 Å². The van der Waals surface area contributed by atoms with Crippen molar-refractivity contribution in [3.05, 3.63) is 45.1 Å². The standard InChI is InChI=1S/C11H10BrFN2S/c1-7(11-5-16-6-14-11)15-10-3-2-8(13)4-9(10)12/h2-7,15H,1H3. The molecule has 0 aliphatic rings. The van der Waals surface area contributed by atoms with E-state index in [0.29, 0.717) is 0 Å². The van der Waals surface area contributed by atoms with Crippen LogP contribution in [0.5, 0.6) is 0 Å². The number of nitrogens with one attached hydrogen (secondary N) is 1. The number of nitrogens with zero attached hydrogens (tertiary/aromatic N) is 1. The van der Waals surface area contributed by atoms with E-state index in [2.05, 4.69) is 26.2 Å². The van der Waals surface area contributed by atoms with Crippen molar-refractivity contribution in [2.24, 2.45) is 0 Å². The van der Waals surface area contributed by atoms with Crippen LogP contribution in [-0.2, 0) is 0 Å². The number of hydrogen-bond donors (Lipinski definition) is 1. The number of rotatable bonds is 3. The summed E-state index contributed by atoms with van der Waals surface area (Å²) < 4.78 is 13.6. The first-order chi connectivity index (χ1) is 7.66. The Morgan fingerprint density at radius 2 is 2.31 bits per heavy atom. The molecule has 2 rings (SSSR count). The fourth-order valence-corrected chi connectivity index (χ4v) is 2.46. The van der Waals surface area contributed by atoms with Crippen molar-refractivity contribution in [3.63, 3.8) is 0 Å². The highest BCUT2D eigenvalue weighted by atomic mass is 79.9. The second-order valence-corrected chi connectivity index (χ2v) is 4.98. The summed E-state index contributed by atoms with van der Waals surface area (Å²) in [4.78, 5) is 4.23. The highest BCUT2D eigenvalue weighted by Crippen LogP contribution is 2.27. The summed E-state index contributed by atoms with van der Waals surface area (Å²) in [5, 5.41) is 5.27. The smallest absolute Gasteiger partial charge is 0.124 e. The Morgan fingerprint density at radius 1 is 1.50 bits per heavy atom. The minimum atomic E-state index is -0.251. The van der Waals surface area contributed by atoms with E-state index < -0.39 is 0 Å². The van der Waals surface area contributed by atoms with Gasteiger partial charge in [-0.15, -0.1) is 11.3 Å². The summed E-state index contributed by atoms with van der Waals surface area (Å²) in [6.45, 7) is 2.02. The van der Waals surface area contributed by atoms with Gasteiger partial charge >= 0.3 is 0 Å². The van der Waals surface area contributed by atoms with Gasteiger partial charge in [-0.05, 0) is 41.1 Å². The first kappa shape index (κ1) is 11.5. The predicted molar refractivity (Wildman–Crippen MR) is 68.3 cm³/mol. The summed E-state index contributed by atoms with van der Waals surface area (Å²) in [7, 11) is 0. The lowest BCUT2D eigenvalue weighted by molar-refractivity contribution is 0.627. The fraction of sp³-hybridized carbons (Fsp3) is 0.182. The zero-order chi connectivity index (χ0) is 11.5. The Balaban J connectivity index is 2.15. The normalized spacial score (nSPS) is 12.4. The molecule has 16 heavy (non-hydrogen) atoms. The lowest BCUT2D eigenvalue weighted by Crippen LogP contribution is -2.07. The number of benzene rings is 1. The quantitative estimate of drug-likeness (QED) is 0.918. The van der Waals surface area contributed by atoms with E-state index in [0.717, 1.165) is 15.9 Å². The molecule has 0 radical (unpaired) electrons. The molecule has 0 amide bonds. The van der Waals surface area contributed by atoms with Crippen LogP contribution in [0.25, 0.3) is 0 Å². The van der Waals surface area contributed by atoms with Crippen LogP contribution in [0.15, 0.2) is 33.6 Å². The van der Waals surface area contributed by atoms with E-state index in [1.54, 1.807) is 22.9 Å². The van der Waals surface area contributed by atoms with Gasteiger partial charge in [0.15, 0.2) is 0 Å². The van der Waals surface area contributed by atoms with Crippen LogP contribution in [0.2, 0.25) is 0 Å². The minimum Gasteiger partial charge on any atom is -0.376 e. The number of hydrogen-bond acceptors (Lipinski definition) is 3. The minimum absolute atomic E-state index is 0.105. The summed E-state index contributed by atoms with van der Waals surface area (Å²) in [6.07, 6.45) is 0. The van der Waals surface area contributed by atoms with E-state index in [4.69, 9.17) is 0 Å². The van der Waals surface area contributed by atoms with Crippen molar-refractivity contribution in [2.75, 3.05) is 5.32 Å². The molecule has 84 valence electrons. The second kappa shape index (κ2) is 4.93. The molecule has 0 saturated carbocycles. The molecule has 0 bridgehead atoms. The van der Waals surface area contributed by atoms with Gasteiger partial charge in [0.25, 0.3) is 0 Å². The van der Waals surface area contributed by atoms with Crippen LogP contribution in [0.3, 0.4) is 0 Å². The molecule has 1 heterocycles. The molecule has 0 aliphatic carbocycles. The second-order valence-electron chi connectivity index (χ2n) is 3.40. The van der Waals surface area contributed by atoms with Crippen LogP contribution < -0.4 is 5.32 Å². The van der Waals surface area contributed by atoms with Gasteiger partial charge in [-0.1, -0.05) is 0 Å². The molecule has 1 atom stereocenters. The summed E-state index contributed by atoms with van der Waals surface area (Å²) in [5.74, 6) is -0.251. The van der Waals surface area contributed by atoms with Crippen molar-refractivity contribution in [3.8, 4) is 0 Å². The zero-order valence-electron chi connectivity index (χ0n) is 8.58. The molecular formula is C11H10BrFN2S. The number of anilines is 1. The third-order valence-corrected chi connectivity index (χ3v) is 3.46. The first-order valence-electron chi connectivity index (χ1n) is 4.76. The van der Waals surface area contributed by atoms with Crippen molar-refractivity contribution in [1.29, 1.82) is 0 Å². The molecule has 0 aliphatic heterocycles. The van der Waals surface area contributed by atoms with Crippen LogP contribution in [0.1, 0.15) is 18.7 Å². The highest BCUT2D eigenvalue weighted by molar-refractivity contribution is 9.10. The van der Waals surface area contributed by atoms with Crippen molar-refractivity contribution in [2.45, 2.75) is 13.0 Å². The molecule has 5 heteroatoms. The number of aromatic nitrogens is 1. The third-order valence-electron chi connectivity index (χ3n) is 2.20. The van der Waals surface area contributed by atoms with Crippen molar-refractivity contribution >= 4 is 33.0 Å². The molecule has 1 unspecified atom stereocenters. The average molecular weight is 301 g/mol. The van der Waals surface area contributed by atoms with Crippen molar-refractivity contribution < 1.29 is 4.39 Å². The van der Waals surface area contributed by atoms with Gasteiger partial charge in [0.2, 0.25) is 0 Å². The molecule has 1 aromatic carbocycles. The van der Waals surface area contributed by atoms with Gasteiger partial charge in [0.05, 0.1) is 17.2 Å². The molecule has 0 saturated heterocycles. The van der Waals surface area contributed by atoms with Gasteiger partial charge in [0.1, 0.15) is 5.82 Å². The third kappa shape index (κ3) is 2.59. The monoisotopic (exact) mass is 300 g/mol. The highest BCUT2D eigenvalue weighted by Gasteiger charge is 2.09. The lowest BCUT2D eigenvalue weighted by Gasteiger charge is -2.14. The molecular weight excluding hydrogens is 291 g/mol. The number of halogens is 2. The van der Waals surface area contributed by atoms with E-state index in [9.17, 15) is 4.39 Å². The van der Waals surface area contributed by atoms with Gasteiger partial charge in [-0.3, -0.25) is 0 Å². The Bertz CT molecular complexity index is 473. The lowest BCUT2D eigenvalue weighted by atomic mass is 10.2. The molecule has 1 N–H and O–H groups in total. The summed E-state index contributed by atoms with van der Waals surface area (Å²) in [6, 6.07) is 4.69. The SMILES string of the molecule is CC(Nc1ccc(F)cc1Br)c1cscn1. The molecule has 2 aromatic rings. The Morgan fingerprint density at radius 3 is 2.94 bits per heavy atom. The van der Waals surface area contributed by atoms with E-state index in [-0.39, 0.29) is 11.9 Å². The molecule has 0 spiro atoms. The molecule has 0 fully saturated rings. The van der Waals surface area contributed by atoms with Crippen molar-refractivity contribution in [1.82, 2.24) is 4.98 Å².